The predicted molar refractivity (Wildman–Crippen MR) is 122 cm³/mol. The van der Waals surface area contributed by atoms with Crippen molar-refractivity contribution < 1.29 is 9.21 Å². The minimum absolute atomic E-state index is 0.0640. The number of carbonyl (C=O) groups is 1. The van der Waals surface area contributed by atoms with Crippen LogP contribution in [0.1, 0.15) is 11.3 Å². The zero-order chi connectivity index (χ0) is 20.2. The van der Waals surface area contributed by atoms with Crippen LogP contribution in [0.3, 0.4) is 0 Å². The van der Waals surface area contributed by atoms with E-state index in [4.69, 9.17) is 16.0 Å². The van der Waals surface area contributed by atoms with Gasteiger partial charge in [-0.25, -0.2) is 0 Å². The van der Waals surface area contributed by atoms with Crippen molar-refractivity contribution in [1.82, 2.24) is 5.32 Å². The van der Waals surface area contributed by atoms with Gasteiger partial charge in [-0.15, -0.1) is 5.10 Å². The van der Waals surface area contributed by atoms with Crippen molar-refractivity contribution in [2.24, 2.45) is 10.2 Å². The first-order valence-corrected chi connectivity index (χ1v) is 10.8. The number of furan rings is 1. The molecule has 5 nitrogen and oxygen atoms in total. The van der Waals surface area contributed by atoms with Crippen molar-refractivity contribution in [3.05, 3.63) is 81.5 Å². The average Bonchev–Trinajstić information content (AvgIpc) is 3.31. The number of halogens is 2. The highest BCUT2D eigenvalue weighted by Gasteiger charge is 2.30. The summed E-state index contributed by atoms with van der Waals surface area (Å²) in [6.45, 7) is 0. The standard InChI is InChI=1S/C21H15BrClN3O2S/c22-14-7-5-13(6-8-14)11-19-20(27)25-21(29-19)26-24-12-15-9-10-18(28-15)16-3-1-2-4-17(16)23/h1-10,12,19H,11H2,(H,25,26,27)/b24-12+. The molecule has 2 aromatic carbocycles. The van der Waals surface area contributed by atoms with E-state index in [1.165, 1.54) is 18.0 Å². The Bertz CT molecular complexity index is 1100. The minimum atomic E-state index is -0.222. The van der Waals surface area contributed by atoms with Crippen LogP contribution in [-0.4, -0.2) is 22.5 Å². The fourth-order valence-electron chi connectivity index (χ4n) is 2.79. The molecule has 1 unspecified atom stereocenters. The molecule has 29 heavy (non-hydrogen) atoms. The highest BCUT2D eigenvalue weighted by molar-refractivity contribution is 9.10. The SMILES string of the molecule is O=C1NC(=N/N=C/c2ccc(-c3ccccc3Cl)o2)SC1Cc1ccc(Br)cc1. The first-order chi connectivity index (χ1) is 14.1. The number of hydrogen-bond acceptors (Lipinski definition) is 5. The molecule has 1 saturated heterocycles. The van der Waals surface area contributed by atoms with E-state index in [2.05, 4.69) is 31.4 Å². The molecule has 1 amide bonds. The molecular weight excluding hydrogens is 474 g/mol. The largest absolute Gasteiger partial charge is 0.455 e. The average molecular weight is 489 g/mol. The van der Waals surface area contributed by atoms with E-state index in [-0.39, 0.29) is 11.2 Å². The normalized spacial score (nSPS) is 17.9. The lowest BCUT2D eigenvalue weighted by molar-refractivity contribution is -0.118. The Morgan fingerprint density at radius 1 is 1.14 bits per heavy atom. The van der Waals surface area contributed by atoms with Gasteiger partial charge < -0.3 is 9.73 Å². The van der Waals surface area contributed by atoms with Crippen molar-refractivity contribution in [2.75, 3.05) is 0 Å². The smallest absolute Gasteiger partial charge is 0.239 e. The molecule has 2 heterocycles. The zero-order valence-corrected chi connectivity index (χ0v) is 18.2. The number of amides is 1. The second-order valence-electron chi connectivity index (χ2n) is 6.26. The minimum Gasteiger partial charge on any atom is -0.455 e. The van der Waals surface area contributed by atoms with Gasteiger partial charge in [0.15, 0.2) is 5.17 Å². The number of thioether (sulfide) groups is 1. The fourth-order valence-corrected chi connectivity index (χ4v) is 4.25. The molecule has 1 N–H and O–H groups in total. The van der Waals surface area contributed by atoms with Gasteiger partial charge in [0, 0.05) is 10.0 Å². The van der Waals surface area contributed by atoms with E-state index in [9.17, 15) is 4.79 Å². The Hall–Kier alpha value is -2.35. The third-order valence-corrected chi connectivity index (χ3v) is 6.14. The third kappa shape index (κ3) is 4.98. The van der Waals surface area contributed by atoms with Crippen LogP contribution in [0.25, 0.3) is 11.3 Å². The molecule has 1 fully saturated rings. The molecule has 0 bridgehead atoms. The molecule has 0 saturated carbocycles. The van der Waals surface area contributed by atoms with Gasteiger partial charge in [-0.1, -0.05) is 63.6 Å². The zero-order valence-electron chi connectivity index (χ0n) is 15.0. The van der Waals surface area contributed by atoms with Crippen molar-refractivity contribution in [3.63, 3.8) is 0 Å². The van der Waals surface area contributed by atoms with Gasteiger partial charge in [0.1, 0.15) is 11.5 Å². The van der Waals surface area contributed by atoms with Gasteiger partial charge in [-0.05, 0) is 48.4 Å². The van der Waals surface area contributed by atoms with Gasteiger partial charge in [0.05, 0.1) is 16.5 Å². The maximum Gasteiger partial charge on any atom is 0.239 e. The third-order valence-electron chi connectivity index (χ3n) is 4.21. The number of nitrogens with zero attached hydrogens (tertiary/aromatic N) is 2. The number of nitrogens with one attached hydrogen (secondary N) is 1. The Morgan fingerprint density at radius 2 is 1.93 bits per heavy atom. The van der Waals surface area contributed by atoms with Gasteiger partial charge in [-0.2, -0.15) is 5.10 Å². The summed E-state index contributed by atoms with van der Waals surface area (Å²) in [4.78, 5) is 12.2. The van der Waals surface area contributed by atoms with Crippen LogP contribution in [-0.2, 0) is 11.2 Å². The molecule has 1 aliphatic rings. The molecule has 4 rings (SSSR count). The molecule has 0 aliphatic carbocycles. The molecule has 1 aromatic heterocycles. The van der Waals surface area contributed by atoms with Gasteiger partial charge >= 0.3 is 0 Å². The molecular formula is C21H15BrClN3O2S. The van der Waals surface area contributed by atoms with Crippen molar-refractivity contribution >= 4 is 56.6 Å². The van der Waals surface area contributed by atoms with E-state index < -0.39 is 0 Å². The lowest BCUT2D eigenvalue weighted by Crippen LogP contribution is -2.25. The van der Waals surface area contributed by atoms with E-state index in [1.54, 1.807) is 6.07 Å². The Morgan fingerprint density at radius 3 is 2.72 bits per heavy atom. The van der Waals surface area contributed by atoms with E-state index in [1.807, 2.05) is 54.6 Å². The monoisotopic (exact) mass is 487 g/mol. The molecule has 146 valence electrons. The van der Waals surface area contributed by atoms with Crippen LogP contribution >= 0.6 is 39.3 Å². The molecule has 8 heteroatoms. The predicted octanol–water partition coefficient (Wildman–Crippen LogP) is 5.53. The van der Waals surface area contributed by atoms with Gasteiger partial charge in [0.2, 0.25) is 5.91 Å². The number of carbonyl (C=O) groups excluding carboxylic acids is 1. The lowest BCUT2D eigenvalue weighted by atomic mass is 10.1. The Kier molecular flexibility index (Phi) is 6.18. The molecule has 1 atom stereocenters. The van der Waals surface area contributed by atoms with Gasteiger partial charge in [0.25, 0.3) is 0 Å². The number of benzene rings is 2. The van der Waals surface area contributed by atoms with E-state index >= 15 is 0 Å². The number of amidine groups is 1. The number of hydrogen-bond donors (Lipinski definition) is 1. The highest BCUT2D eigenvalue weighted by atomic mass is 79.9. The topological polar surface area (TPSA) is 67.0 Å². The van der Waals surface area contributed by atoms with Crippen LogP contribution in [0.15, 0.2) is 79.8 Å². The van der Waals surface area contributed by atoms with Crippen molar-refractivity contribution in [1.29, 1.82) is 0 Å². The molecule has 0 radical (unpaired) electrons. The van der Waals surface area contributed by atoms with Crippen LogP contribution < -0.4 is 5.32 Å². The summed E-state index contributed by atoms with van der Waals surface area (Å²) in [5.74, 6) is 1.14. The summed E-state index contributed by atoms with van der Waals surface area (Å²) >= 11 is 11.0. The van der Waals surface area contributed by atoms with Crippen LogP contribution in [0.2, 0.25) is 5.02 Å². The highest BCUT2D eigenvalue weighted by Crippen LogP contribution is 2.29. The lowest BCUT2D eigenvalue weighted by Gasteiger charge is -2.05. The molecule has 3 aromatic rings. The number of rotatable bonds is 5. The summed E-state index contributed by atoms with van der Waals surface area (Å²) in [6.07, 6.45) is 2.13. The van der Waals surface area contributed by atoms with E-state index in [0.717, 1.165) is 15.6 Å². The first kappa shape index (κ1) is 19.9. The first-order valence-electron chi connectivity index (χ1n) is 8.76. The Labute approximate surface area is 185 Å². The van der Waals surface area contributed by atoms with E-state index in [0.29, 0.717) is 28.1 Å². The van der Waals surface area contributed by atoms with Crippen LogP contribution in [0.5, 0.6) is 0 Å². The fraction of sp³-hybridized carbons (Fsp3) is 0.0952. The second-order valence-corrected chi connectivity index (χ2v) is 8.77. The summed E-state index contributed by atoms with van der Waals surface area (Å²) in [7, 11) is 0. The Balaban J connectivity index is 1.39. The quantitative estimate of drug-likeness (QED) is 0.379. The maximum atomic E-state index is 12.2. The van der Waals surface area contributed by atoms with Crippen LogP contribution in [0, 0.1) is 0 Å². The van der Waals surface area contributed by atoms with Crippen LogP contribution in [0.4, 0.5) is 0 Å². The summed E-state index contributed by atoms with van der Waals surface area (Å²) in [6, 6.07) is 19.0. The maximum absolute atomic E-state index is 12.2. The summed E-state index contributed by atoms with van der Waals surface area (Å²) in [5.41, 5.74) is 1.91. The summed E-state index contributed by atoms with van der Waals surface area (Å²) in [5, 5.41) is 11.8. The van der Waals surface area contributed by atoms with Crippen molar-refractivity contribution in [2.45, 2.75) is 11.7 Å². The summed E-state index contributed by atoms with van der Waals surface area (Å²) < 4.78 is 6.76. The second kappa shape index (κ2) is 8.98. The van der Waals surface area contributed by atoms with Gasteiger partial charge in [-0.3, -0.25) is 4.79 Å². The molecule has 1 aliphatic heterocycles. The molecule has 0 spiro atoms. The van der Waals surface area contributed by atoms with Crippen molar-refractivity contribution in [3.8, 4) is 11.3 Å².